The Hall–Kier alpha value is -2.36. The zero-order chi connectivity index (χ0) is 17.0. The van der Waals surface area contributed by atoms with Crippen LogP contribution < -0.4 is 10.1 Å². The van der Waals surface area contributed by atoms with Gasteiger partial charge in [-0.1, -0.05) is 32.0 Å². The van der Waals surface area contributed by atoms with Gasteiger partial charge in [-0.2, -0.15) is 0 Å². The second-order valence-corrected chi connectivity index (χ2v) is 6.00. The van der Waals surface area contributed by atoms with Gasteiger partial charge in [0.05, 0.1) is 5.69 Å². The monoisotopic (exact) mass is 315 g/mol. The largest absolute Gasteiger partial charge is 0.483 e. The van der Waals surface area contributed by atoms with E-state index in [0.29, 0.717) is 11.7 Å². The second-order valence-electron chi connectivity index (χ2n) is 6.00. The Kier molecular flexibility index (Phi) is 5.37. The van der Waals surface area contributed by atoms with Crippen LogP contribution in [0.3, 0.4) is 0 Å². The smallest absolute Gasteiger partial charge is 0.262 e. The molecule has 1 amide bonds. The lowest BCUT2D eigenvalue weighted by molar-refractivity contribution is -0.118. The van der Waals surface area contributed by atoms with E-state index in [9.17, 15) is 9.18 Å². The van der Waals surface area contributed by atoms with Gasteiger partial charge in [0.15, 0.2) is 6.61 Å². The number of nitrogens with one attached hydrogen (secondary N) is 1. The molecule has 2 aromatic carbocycles. The number of amides is 1. The first-order chi connectivity index (χ1) is 10.9. The number of anilines is 1. The number of rotatable bonds is 5. The number of ether oxygens (including phenoxy) is 1. The zero-order valence-electron chi connectivity index (χ0n) is 13.9. The molecule has 0 aliphatic rings. The van der Waals surface area contributed by atoms with Crippen LogP contribution in [-0.4, -0.2) is 12.5 Å². The van der Waals surface area contributed by atoms with Crippen molar-refractivity contribution in [1.29, 1.82) is 0 Å². The second kappa shape index (κ2) is 7.27. The van der Waals surface area contributed by atoms with E-state index < -0.39 is 5.82 Å². The van der Waals surface area contributed by atoms with Crippen molar-refractivity contribution in [3.8, 4) is 5.75 Å². The van der Waals surface area contributed by atoms with Crippen LogP contribution in [0.2, 0.25) is 0 Å². The van der Waals surface area contributed by atoms with Crippen molar-refractivity contribution in [1.82, 2.24) is 0 Å². The molecule has 2 rings (SSSR count). The van der Waals surface area contributed by atoms with E-state index in [2.05, 4.69) is 25.2 Å². The average Bonchev–Trinajstić information content (AvgIpc) is 2.49. The molecular weight excluding hydrogens is 293 g/mol. The van der Waals surface area contributed by atoms with Crippen LogP contribution in [0.5, 0.6) is 5.75 Å². The predicted octanol–water partition coefficient (Wildman–Crippen LogP) is 4.58. The number of carbonyl (C=O) groups excluding carboxylic acids is 1. The van der Waals surface area contributed by atoms with Crippen LogP contribution >= 0.6 is 0 Å². The summed E-state index contributed by atoms with van der Waals surface area (Å²) in [6.45, 7) is 7.76. The van der Waals surface area contributed by atoms with E-state index in [4.69, 9.17) is 4.74 Å². The third-order valence-electron chi connectivity index (χ3n) is 3.64. The van der Waals surface area contributed by atoms with Gasteiger partial charge in [0.2, 0.25) is 0 Å². The molecule has 0 heterocycles. The van der Waals surface area contributed by atoms with Gasteiger partial charge in [0.1, 0.15) is 11.6 Å². The van der Waals surface area contributed by atoms with Crippen LogP contribution in [0.4, 0.5) is 10.1 Å². The van der Waals surface area contributed by atoms with Crippen LogP contribution in [0.1, 0.15) is 36.5 Å². The number of halogens is 1. The van der Waals surface area contributed by atoms with E-state index in [1.54, 1.807) is 19.1 Å². The molecule has 122 valence electrons. The maximum atomic E-state index is 13.7. The maximum Gasteiger partial charge on any atom is 0.262 e. The molecule has 0 saturated heterocycles. The molecule has 0 spiro atoms. The van der Waals surface area contributed by atoms with Crippen LogP contribution in [0.25, 0.3) is 0 Å². The Morgan fingerprint density at radius 1 is 1.17 bits per heavy atom. The maximum absolute atomic E-state index is 13.7. The first-order valence-electron chi connectivity index (χ1n) is 7.66. The van der Waals surface area contributed by atoms with Gasteiger partial charge in [-0.3, -0.25) is 4.79 Å². The molecule has 0 aromatic heterocycles. The van der Waals surface area contributed by atoms with Crippen molar-refractivity contribution < 1.29 is 13.9 Å². The third kappa shape index (κ3) is 4.55. The minimum absolute atomic E-state index is 0.157. The van der Waals surface area contributed by atoms with E-state index in [0.717, 1.165) is 16.7 Å². The lowest BCUT2D eigenvalue weighted by atomic mass is 10.0. The molecule has 0 unspecified atom stereocenters. The van der Waals surface area contributed by atoms with E-state index in [1.165, 1.54) is 6.07 Å². The normalized spacial score (nSPS) is 10.7. The summed E-state index contributed by atoms with van der Waals surface area (Å²) >= 11 is 0. The highest BCUT2D eigenvalue weighted by Gasteiger charge is 2.10. The molecule has 0 aliphatic carbocycles. The van der Waals surface area contributed by atoms with Crippen LogP contribution in [-0.2, 0) is 4.79 Å². The quantitative estimate of drug-likeness (QED) is 0.877. The summed E-state index contributed by atoms with van der Waals surface area (Å²) in [5.41, 5.74) is 3.08. The first-order valence-corrected chi connectivity index (χ1v) is 7.66. The van der Waals surface area contributed by atoms with Gasteiger partial charge in [-0.25, -0.2) is 4.39 Å². The Bertz CT molecular complexity index is 711. The molecule has 3 nitrogen and oxygen atoms in total. The average molecular weight is 315 g/mol. The van der Waals surface area contributed by atoms with Gasteiger partial charge in [0, 0.05) is 0 Å². The number of hydrogen-bond acceptors (Lipinski definition) is 2. The van der Waals surface area contributed by atoms with Crippen molar-refractivity contribution in [2.24, 2.45) is 0 Å². The topological polar surface area (TPSA) is 38.3 Å². The predicted molar refractivity (Wildman–Crippen MR) is 90.5 cm³/mol. The van der Waals surface area contributed by atoms with Crippen molar-refractivity contribution in [2.75, 3.05) is 11.9 Å². The molecule has 0 aliphatic heterocycles. The summed E-state index contributed by atoms with van der Waals surface area (Å²) in [6.07, 6.45) is 0. The number of aryl methyl sites for hydroxylation is 2. The number of benzene rings is 2. The summed E-state index contributed by atoms with van der Waals surface area (Å²) in [4.78, 5) is 12.0. The fraction of sp³-hybridized carbons (Fsp3) is 0.316. The molecule has 0 fully saturated rings. The van der Waals surface area contributed by atoms with Crippen molar-refractivity contribution >= 4 is 11.6 Å². The highest BCUT2D eigenvalue weighted by Crippen LogP contribution is 2.24. The summed E-state index contributed by atoms with van der Waals surface area (Å²) in [5.74, 6) is 0.225. The summed E-state index contributed by atoms with van der Waals surface area (Å²) in [7, 11) is 0. The van der Waals surface area contributed by atoms with E-state index in [-0.39, 0.29) is 18.2 Å². The van der Waals surface area contributed by atoms with Gasteiger partial charge < -0.3 is 10.1 Å². The highest BCUT2D eigenvalue weighted by molar-refractivity contribution is 5.92. The zero-order valence-corrected chi connectivity index (χ0v) is 13.9. The summed E-state index contributed by atoms with van der Waals surface area (Å²) in [5, 5.41) is 2.53. The molecule has 2 aromatic rings. The van der Waals surface area contributed by atoms with Crippen molar-refractivity contribution in [3.63, 3.8) is 0 Å². The lowest BCUT2D eigenvalue weighted by Crippen LogP contribution is -2.21. The molecule has 0 bridgehead atoms. The van der Waals surface area contributed by atoms with Gasteiger partial charge in [0.25, 0.3) is 5.91 Å². The Morgan fingerprint density at radius 2 is 1.91 bits per heavy atom. The number of hydrogen-bond donors (Lipinski definition) is 1. The summed E-state index contributed by atoms with van der Waals surface area (Å²) in [6, 6.07) is 10.6. The summed E-state index contributed by atoms with van der Waals surface area (Å²) < 4.78 is 19.3. The molecular formula is C19H22FNO2. The standard InChI is InChI=1S/C19H22FNO2/c1-12(2)15-7-6-14(4)18(10-15)23-11-19(22)21-17-8-5-13(3)9-16(17)20/h5-10,12H,11H2,1-4H3,(H,21,22). The van der Waals surface area contributed by atoms with Gasteiger partial charge >= 0.3 is 0 Å². The SMILES string of the molecule is Cc1ccc(NC(=O)COc2cc(C(C)C)ccc2C)c(F)c1. The molecule has 1 N–H and O–H groups in total. The fourth-order valence-corrected chi connectivity index (χ4v) is 2.18. The van der Waals surface area contributed by atoms with Gasteiger partial charge in [-0.15, -0.1) is 0 Å². The van der Waals surface area contributed by atoms with Crippen LogP contribution in [0.15, 0.2) is 36.4 Å². The minimum atomic E-state index is -0.448. The fourth-order valence-electron chi connectivity index (χ4n) is 2.18. The third-order valence-corrected chi connectivity index (χ3v) is 3.64. The highest BCUT2D eigenvalue weighted by atomic mass is 19.1. The molecule has 23 heavy (non-hydrogen) atoms. The molecule has 0 atom stereocenters. The van der Waals surface area contributed by atoms with Crippen molar-refractivity contribution in [3.05, 3.63) is 58.9 Å². The van der Waals surface area contributed by atoms with Crippen LogP contribution in [0, 0.1) is 19.7 Å². The number of carbonyl (C=O) groups is 1. The molecule has 4 heteroatoms. The Morgan fingerprint density at radius 3 is 2.57 bits per heavy atom. The Balaban J connectivity index is 2.00. The minimum Gasteiger partial charge on any atom is -0.483 e. The van der Waals surface area contributed by atoms with E-state index >= 15 is 0 Å². The Labute approximate surface area is 136 Å². The van der Waals surface area contributed by atoms with Gasteiger partial charge in [-0.05, 0) is 54.7 Å². The lowest BCUT2D eigenvalue weighted by Gasteiger charge is -2.13. The molecule has 0 saturated carbocycles. The molecule has 0 radical (unpaired) electrons. The first kappa shape index (κ1) is 17.0. The van der Waals surface area contributed by atoms with Crippen molar-refractivity contribution in [2.45, 2.75) is 33.6 Å². The van der Waals surface area contributed by atoms with E-state index in [1.807, 2.05) is 19.1 Å².